The van der Waals surface area contributed by atoms with Crippen molar-refractivity contribution in [3.05, 3.63) is 59.7 Å². The molecule has 1 unspecified atom stereocenters. The highest BCUT2D eigenvalue weighted by Gasteiger charge is 2.22. The van der Waals surface area contributed by atoms with Crippen molar-refractivity contribution in [1.82, 2.24) is 5.32 Å². The van der Waals surface area contributed by atoms with Crippen molar-refractivity contribution in [2.24, 2.45) is 0 Å². The Morgan fingerprint density at radius 2 is 1.67 bits per heavy atom. The minimum Gasteiger partial charge on any atom is -0.481 e. The van der Waals surface area contributed by atoms with Crippen molar-refractivity contribution in [2.75, 3.05) is 5.32 Å². The number of carbonyl (C=O) groups is 2. The van der Waals surface area contributed by atoms with Crippen LogP contribution in [0.1, 0.15) is 50.0 Å². The van der Waals surface area contributed by atoms with Crippen LogP contribution < -0.4 is 15.4 Å². The molecule has 2 N–H and O–H groups in total. The Kier molecular flexibility index (Phi) is 6.61. The molecule has 2 aromatic carbocycles. The maximum Gasteiger partial charge on any atom is 0.265 e. The van der Waals surface area contributed by atoms with Crippen LogP contribution in [0.5, 0.6) is 5.75 Å². The predicted molar refractivity (Wildman–Crippen MR) is 108 cm³/mol. The molecule has 144 valence electrons. The summed E-state index contributed by atoms with van der Waals surface area (Å²) in [5.74, 6) is 0.126. The van der Waals surface area contributed by atoms with E-state index in [1.54, 1.807) is 24.3 Å². The number of amides is 2. The molecule has 0 aliphatic heterocycles. The summed E-state index contributed by atoms with van der Waals surface area (Å²) in [5, 5.41) is 5.75. The minimum absolute atomic E-state index is 0.231. The number of rotatable bonds is 6. The van der Waals surface area contributed by atoms with Gasteiger partial charge in [0.1, 0.15) is 5.75 Å². The van der Waals surface area contributed by atoms with E-state index in [2.05, 4.69) is 10.6 Å². The Morgan fingerprint density at radius 3 is 2.26 bits per heavy atom. The van der Waals surface area contributed by atoms with Crippen molar-refractivity contribution >= 4 is 17.5 Å². The standard InChI is InChI=1S/C22H28N2O3/c1-6-19(27-16-13-11-15(2)12-14-16)21(26)23-18-10-8-7-9-17(18)20(25)24-22(3,4)5/h7-14,19H,6H2,1-5H3,(H,23,26)(H,24,25). The first-order valence-electron chi connectivity index (χ1n) is 9.15. The third kappa shape index (κ3) is 6.13. The van der Waals surface area contributed by atoms with E-state index in [1.807, 2.05) is 58.9 Å². The van der Waals surface area contributed by atoms with Gasteiger partial charge in [0.25, 0.3) is 11.8 Å². The average Bonchev–Trinajstić information content (AvgIpc) is 2.60. The zero-order valence-electron chi connectivity index (χ0n) is 16.6. The smallest absolute Gasteiger partial charge is 0.265 e. The molecule has 5 nitrogen and oxygen atoms in total. The molecule has 0 aromatic heterocycles. The van der Waals surface area contributed by atoms with Gasteiger partial charge in [0.15, 0.2) is 6.10 Å². The van der Waals surface area contributed by atoms with Gasteiger partial charge in [0, 0.05) is 5.54 Å². The van der Waals surface area contributed by atoms with Gasteiger partial charge in [-0.25, -0.2) is 0 Å². The fourth-order valence-corrected chi connectivity index (χ4v) is 2.51. The van der Waals surface area contributed by atoms with Crippen LogP contribution in [0.2, 0.25) is 0 Å². The lowest BCUT2D eigenvalue weighted by molar-refractivity contribution is -0.122. The van der Waals surface area contributed by atoms with Gasteiger partial charge in [-0.05, 0) is 58.4 Å². The number of aryl methyl sites for hydroxylation is 1. The first kappa shape index (κ1) is 20.5. The van der Waals surface area contributed by atoms with Crippen molar-refractivity contribution in [2.45, 2.75) is 52.7 Å². The summed E-state index contributed by atoms with van der Waals surface area (Å²) in [4.78, 5) is 25.2. The molecule has 0 aliphatic rings. The maximum atomic E-state index is 12.7. The second-order valence-electron chi connectivity index (χ2n) is 7.57. The van der Waals surface area contributed by atoms with E-state index in [4.69, 9.17) is 4.74 Å². The molecule has 0 fully saturated rings. The summed E-state index contributed by atoms with van der Waals surface area (Å²) in [6.07, 6.45) is -0.137. The summed E-state index contributed by atoms with van der Waals surface area (Å²) < 4.78 is 5.82. The molecule has 0 aliphatic carbocycles. The summed E-state index contributed by atoms with van der Waals surface area (Å²) in [6.45, 7) is 9.61. The van der Waals surface area contributed by atoms with E-state index in [0.717, 1.165) is 5.56 Å². The molecule has 5 heteroatoms. The number of ether oxygens (including phenoxy) is 1. The van der Waals surface area contributed by atoms with E-state index in [1.165, 1.54) is 0 Å². The third-order valence-electron chi connectivity index (χ3n) is 3.88. The zero-order chi connectivity index (χ0) is 20.0. The summed E-state index contributed by atoms with van der Waals surface area (Å²) in [6, 6.07) is 14.5. The minimum atomic E-state index is -0.647. The first-order valence-corrected chi connectivity index (χ1v) is 9.15. The topological polar surface area (TPSA) is 67.4 Å². The quantitative estimate of drug-likeness (QED) is 0.798. The number of hydrogen-bond acceptors (Lipinski definition) is 3. The summed E-state index contributed by atoms with van der Waals surface area (Å²) in [7, 11) is 0. The lowest BCUT2D eigenvalue weighted by atomic mass is 10.1. The molecular formula is C22H28N2O3. The van der Waals surface area contributed by atoms with Crippen molar-refractivity contribution in [3.8, 4) is 5.75 Å². The van der Waals surface area contributed by atoms with Gasteiger partial charge < -0.3 is 15.4 Å². The molecule has 0 heterocycles. The molecule has 0 spiro atoms. The van der Waals surface area contributed by atoms with Gasteiger partial charge in [-0.1, -0.05) is 36.8 Å². The average molecular weight is 368 g/mol. The molecule has 27 heavy (non-hydrogen) atoms. The van der Waals surface area contributed by atoms with E-state index in [9.17, 15) is 9.59 Å². The van der Waals surface area contributed by atoms with Crippen LogP contribution in [-0.2, 0) is 4.79 Å². The van der Waals surface area contributed by atoms with Gasteiger partial charge in [0.05, 0.1) is 11.3 Å². The van der Waals surface area contributed by atoms with Gasteiger partial charge in [-0.3, -0.25) is 9.59 Å². The molecule has 0 radical (unpaired) electrons. The van der Waals surface area contributed by atoms with Crippen LogP contribution in [0.15, 0.2) is 48.5 Å². The number of hydrogen-bond donors (Lipinski definition) is 2. The third-order valence-corrected chi connectivity index (χ3v) is 3.88. The Bertz CT molecular complexity index is 792. The Hall–Kier alpha value is -2.82. The van der Waals surface area contributed by atoms with Crippen LogP contribution in [-0.4, -0.2) is 23.5 Å². The van der Waals surface area contributed by atoms with Crippen LogP contribution in [0.25, 0.3) is 0 Å². The largest absolute Gasteiger partial charge is 0.481 e. The van der Waals surface area contributed by atoms with Gasteiger partial charge in [-0.2, -0.15) is 0 Å². The van der Waals surface area contributed by atoms with E-state index >= 15 is 0 Å². The number of nitrogens with one attached hydrogen (secondary N) is 2. The number of carbonyl (C=O) groups excluding carboxylic acids is 2. The van der Waals surface area contributed by atoms with E-state index in [0.29, 0.717) is 23.4 Å². The molecule has 2 rings (SSSR count). The first-order chi connectivity index (χ1) is 12.7. The number of anilines is 1. The molecule has 0 bridgehead atoms. The summed E-state index contributed by atoms with van der Waals surface area (Å²) >= 11 is 0. The highest BCUT2D eigenvalue weighted by molar-refractivity contribution is 6.04. The van der Waals surface area contributed by atoms with Gasteiger partial charge in [0.2, 0.25) is 0 Å². The predicted octanol–water partition coefficient (Wildman–Crippen LogP) is 4.32. The van der Waals surface area contributed by atoms with Crippen molar-refractivity contribution < 1.29 is 14.3 Å². The molecule has 0 saturated carbocycles. The number of para-hydroxylation sites is 1. The van der Waals surface area contributed by atoms with E-state index in [-0.39, 0.29) is 17.4 Å². The zero-order valence-corrected chi connectivity index (χ0v) is 16.6. The summed E-state index contributed by atoms with van der Waals surface area (Å²) in [5.41, 5.74) is 1.65. The molecule has 2 aromatic rings. The normalized spacial score (nSPS) is 12.2. The number of benzene rings is 2. The second-order valence-corrected chi connectivity index (χ2v) is 7.57. The molecular weight excluding hydrogens is 340 g/mol. The maximum absolute atomic E-state index is 12.7. The monoisotopic (exact) mass is 368 g/mol. The van der Waals surface area contributed by atoms with Crippen molar-refractivity contribution in [1.29, 1.82) is 0 Å². The molecule has 1 atom stereocenters. The Labute approximate surface area is 161 Å². The highest BCUT2D eigenvalue weighted by Crippen LogP contribution is 2.19. The lowest BCUT2D eigenvalue weighted by Gasteiger charge is -2.22. The molecule has 0 saturated heterocycles. The van der Waals surface area contributed by atoms with Crippen LogP contribution in [0.4, 0.5) is 5.69 Å². The Balaban J connectivity index is 2.14. The van der Waals surface area contributed by atoms with Crippen LogP contribution >= 0.6 is 0 Å². The SMILES string of the molecule is CCC(Oc1ccc(C)cc1)C(=O)Nc1ccccc1C(=O)NC(C)(C)C. The Morgan fingerprint density at radius 1 is 1.04 bits per heavy atom. The molecule has 2 amide bonds. The fraction of sp³-hybridized carbons (Fsp3) is 0.364. The van der Waals surface area contributed by atoms with Gasteiger partial charge in [-0.15, -0.1) is 0 Å². The van der Waals surface area contributed by atoms with Crippen molar-refractivity contribution in [3.63, 3.8) is 0 Å². The van der Waals surface area contributed by atoms with E-state index < -0.39 is 6.10 Å². The lowest BCUT2D eigenvalue weighted by Crippen LogP contribution is -2.41. The van der Waals surface area contributed by atoms with Crippen LogP contribution in [0, 0.1) is 6.92 Å². The fourth-order valence-electron chi connectivity index (χ4n) is 2.51. The van der Waals surface area contributed by atoms with Gasteiger partial charge >= 0.3 is 0 Å². The van der Waals surface area contributed by atoms with Crippen LogP contribution in [0.3, 0.4) is 0 Å². The highest BCUT2D eigenvalue weighted by atomic mass is 16.5. The second kappa shape index (κ2) is 8.71.